The molecule has 0 heterocycles. The summed E-state index contributed by atoms with van der Waals surface area (Å²) in [5, 5.41) is 63.3. The molecule has 110 valence electrons. The topological polar surface area (TPSA) is 151 Å². The lowest BCUT2D eigenvalue weighted by atomic mass is 9.89. The second-order valence-electron chi connectivity index (χ2n) is 4.52. The fourth-order valence-electron chi connectivity index (χ4n) is 1.14. The summed E-state index contributed by atoms with van der Waals surface area (Å²) < 4.78 is 5.06. The van der Waals surface area contributed by atoms with E-state index in [4.69, 9.17) is 40.5 Å². The van der Waals surface area contributed by atoms with E-state index in [1.54, 1.807) is 0 Å². The summed E-state index contributed by atoms with van der Waals surface area (Å²) in [7, 11) is 0. The minimum atomic E-state index is -1.99. The van der Waals surface area contributed by atoms with Crippen molar-refractivity contribution < 1.29 is 40.5 Å². The first-order chi connectivity index (χ1) is 8.45. The molecule has 8 heteroatoms. The average Bonchev–Trinajstić information content (AvgIpc) is 2.40. The Morgan fingerprint density at radius 2 is 1.17 bits per heavy atom. The molecule has 0 saturated heterocycles. The first-order valence-electron chi connectivity index (χ1n) is 5.44. The quantitative estimate of drug-likeness (QED) is 0.200. The Kier molecular flexibility index (Phi) is 7.83. The molecule has 0 unspecified atom stereocenters. The molecular weight excluding hydrogens is 248 g/mol. The lowest BCUT2D eigenvalue weighted by molar-refractivity contribution is -0.197. The van der Waals surface area contributed by atoms with Crippen molar-refractivity contribution >= 4 is 0 Å². The smallest absolute Gasteiger partial charge is 0.163 e. The minimum Gasteiger partial charge on any atom is -0.396 e. The highest BCUT2D eigenvalue weighted by atomic mass is 16.5. The van der Waals surface area contributed by atoms with Crippen LogP contribution in [-0.4, -0.2) is 88.3 Å². The van der Waals surface area contributed by atoms with Crippen molar-refractivity contribution in [3.05, 3.63) is 0 Å². The molecule has 0 aromatic carbocycles. The Morgan fingerprint density at radius 3 is 1.44 bits per heavy atom. The van der Waals surface area contributed by atoms with Gasteiger partial charge in [-0.2, -0.15) is 0 Å². The number of ether oxygens (including phenoxy) is 1. The van der Waals surface area contributed by atoms with Gasteiger partial charge in [-0.3, -0.25) is 0 Å². The molecule has 0 aliphatic rings. The molecule has 0 spiro atoms. The average molecular weight is 270 g/mol. The lowest BCUT2D eigenvalue weighted by Gasteiger charge is -2.33. The maximum Gasteiger partial charge on any atom is 0.163 e. The summed E-state index contributed by atoms with van der Waals surface area (Å²) in [4.78, 5) is 0. The van der Waals surface area contributed by atoms with E-state index in [9.17, 15) is 0 Å². The van der Waals surface area contributed by atoms with Gasteiger partial charge in [-0.25, -0.2) is 0 Å². The van der Waals surface area contributed by atoms with Crippen LogP contribution in [0.15, 0.2) is 0 Å². The molecule has 0 aromatic heterocycles. The number of aliphatic hydroxyl groups is 7. The second-order valence-corrected chi connectivity index (χ2v) is 4.52. The van der Waals surface area contributed by atoms with E-state index in [0.29, 0.717) is 0 Å². The van der Waals surface area contributed by atoms with E-state index in [2.05, 4.69) is 0 Å². The Morgan fingerprint density at radius 1 is 0.722 bits per heavy atom. The molecular formula is C10H22O8. The van der Waals surface area contributed by atoms with Crippen molar-refractivity contribution in [2.75, 3.05) is 46.2 Å². The summed E-state index contributed by atoms with van der Waals surface area (Å²) in [6.45, 7) is -3.66. The van der Waals surface area contributed by atoms with E-state index < -0.39 is 56.8 Å². The molecule has 0 aromatic rings. The Labute approximate surface area is 105 Å². The van der Waals surface area contributed by atoms with Gasteiger partial charge in [0.25, 0.3) is 0 Å². The van der Waals surface area contributed by atoms with Crippen LogP contribution in [0.2, 0.25) is 0 Å². The third-order valence-corrected chi connectivity index (χ3v) is 2.98. The molecule has 0 amide bonds. The van der Waals surface area contributed by atoms with Crippen molar-refractivity contribution in [2.24, 2.45) is 10.8 Å². The van der Waals surface area contributed by atoms with E-state index in [0.717, 1.165) is 0 Å². The molecule has 0 aliphatic carbocycles. The summed E-state index contributed by atoms with van der Waals surface area (Å²) in [6.07, 6.45) is -1.99. The molecule has 0 bridgehead atoms. The van der Waals surface area contributed by atoms with Crippen LogP contribution in [0.1, 0.15) is 0 Å². The highest BCUT2D eigenvalue weighted by molar-refractivity contribution is 4.82. The van der Waals surface area contributed by atoms with Gasteiger partial charge in [0, 0.05) is 0 Å². The van der Waals surface area contributed by atoms with Gasteiger partial charge in [0.05, 0.1) is 57.1 Å². The van der Waals surface area contributed by atoms with Crippen LogP contribution in [0.25, 0.3) is 0 Å². The maximum atomic E-state index is 9.07. The predicted octanol–water partition coefficient (Wildman–Crippen LogP) is -3.75. The molecule has 8 nitrogen and oxygen atoms in total. The van der Waals surface area contributed by atoms with Gasteiger partial charge in [-0.1, -0.05) is 0 Å². The number of rotatable bonds is 10. The number of hydrogen-bond acceptors (Lipinski definition) is 8. The monoisotopic (exact) mass is 270 g/mol. The lowest BCUT2D eigenvalue weighted by Crippen LogP contribution is -2.47. The van der Waals surface area contributed by atoms with Crippen LogP contribution in [0.5, 0.6) is 0 Å². The van der Waals surface area contributed by atoms with Gasteiger partial charge < -0.3 is 40.5 Å². The fraction of sp³-hybridized carbons (Fsp3) is 1.00. The zero-order valence-electron chi connectivity index (χ0n) is 10.1. The molecule has 18 heavy (non-hydrogen) atoms. The fourth-order valence-corrected chi connectivity index (χ4v) is 1.14. The Bertz CT molecular complexity index is 204. The molecule has 0 rings (SSSR count). The van der Waals surface area contributed by atoms with Crippen LogP contribution in [-0.2, 0) is 4.74 Å². The summed E-state index contributed by atoms with van der Waals surface area (Å²) >= 11 is 0. The van der Waals surface area contributed by atoms with Gasteiger partial charge in [-0.15, -0.1) is 0 Å². The summed E-state index contributed by atoms with van der Waals surface area (Å²) in [5.74, 6) is 0. The molecule has 0 aliphatic heterocycles. The minimum absolute atomic E-state index is 0.259. The predicted molar refractivity (Wildman–Crippen MR) is 59.3 cm³/mol. The van der Waals surface area contributed by atoms with Gasteiger partial charge in [0.15, 0.2) is 6.29 Å². The molecule has 7 N–H and O–H groups in total. The molecule has 0 atom stereocenters. The van der Waals surface area contributed by atoms with E-state index in [-0.39, 0.29) is 6.61 Å². The second kappa shape index (κ2) is 7.97. The molecule has 0 radical (unpaired) electrons. The van der Waals surface area contributed by atoms with E-state index in [1.165, 1.54) is 0 Å². The van der Waals surface area contributed by atoms with Gasteiger partial charge >= 0.3 is 0 Å². The van der Waals surface area contributed by atoms with Crippen LogP contribution < -0.4 is 0 Å². The van der Waals surface area contributed by atoms with Crippen molar-refractivity contribution in [1.82, 2.24) is 0 Å². The third kappa shape index (κ3) is 4.11. The third-order valence-electron chi connectivity index (χ3n) is 2.98. The van der Waals surface area contributed by atoms with Crippen molar-refractivity contribution in [3.8, 4) is 0 Å². The zero-order valence-corrected chi connectivity index (χ0v) is 10.1. The van der Waals surface area contributed by atoms with Gasteiger partial charge in [-0.05, 0) is 0 Å². The largest absolute Gasteiger partial charge is 0.396 e. The van der Waals surface area contributed by atoms with Crippen molar-refractivity contribution in [2.45, 2.75) is 6.29 Å². The van der Waals surface area contributed by atoms with Crippen molar-refractivity contribution in [3.63, 3.8) is 0 Å². The maximum absolute atomic E-state index is 9.07. The van der Waals surface area contributed by atoms with Crippen LogP contribution in [0.4, 0.5) is 0 Å². The first kappa shape index (κ1) is 17.7. The van der Waals surface area contributed by atoms with Crippen LogP contribution in [0.3, 0.4) is 0 Å². The van der Waals surface area contributed by atoms with Gasteiger partial charge in [0.2, 0.25) is 0 Å². The Hall–Kier alpha value is -0.320. The van der Waals surface area contributed by atoms with E-state index in [1.807, 2.05) is 0 Å². The Balaban J connectivity index is 4.46. The highest BCUT2D eigenvalue weighted by Gasteiger charge is 2.38. The standard InChI is InChI=1S/C10H22O8/c11-1-9(2-12,3-13)6-18-7-10(4-14,5-15)8(16)17/h8,11-17H,1-7H2. The normalized spacial score (nSPS) is 13.3. The SMILES string of the molecule is OCC(CO)(CO)COCC(CO)(CO)C(O)O. The van der Waals surface area contributed by atoms with Crippen LogP contribution in [0, 0.1) is 10.8 Å². The number of aliphatic hydroxyl groups excluding tert-OH is 6. The molecule has 0 fully saturated rings. The van der Waals surface area contributed by atoms with Crippen LogP contribution >= 0.6 is 0 Å². The molecule has 0 saturated carbocycles. The van der Waals surface area contributed by atoms with E-state index >= 15 is 0 Å². The summed E-state index contributed by atoms with van der Waals surface area (Å²) in [6, 6.07) is 0. The first-order valence-corrected chi connectivity index (χ1v) is 5.44. The van der Waals surface area contributed by atoms with Crippen molar-refractivity contribution in [1.29, 1.82) is 0 Å². The van der Waals surface area contributed by atoms with Gasteiger partial charge in [0.1, 0.15) is 0 Å². The zero-order chi connectivity index (χ0) is 14.2. The summed E-state index contributed by atoms with van der Waals surface area (Å²) in [5.41, 5.74) is -2.90. The number of hydrogen-bond donors (Lipinski definition) is 7. The highest BCUT2D eigenvalue weighted by Crippen LogP contribution is 2.22.